The van der Waals surface area contributed by atoms with Gasteiger partial charge in [-0.25, -0.2) is 0 Å². The molecular formula is C31H55N3O15. The van der Waals surface area contributed by atoms with E-state index in [0.29, 0.717) is 139 Å². The smallest absolute Gasteiger partial charge is 0.299 e. The summed E-state index contributed by atoms with van der Waals surface area (Å²) in [6.45, 7) is 14.1. The zero-order chi connectivity index (χ0) is 35.6. The Morgan fingerprint density at radius 3 is 1.14 bits per heavy atom. The van der Waals surface area contributed by atoms with Crippen molar-refractivity contribution in [2.75, 3.05) is 151 Å². The van der Waals surface area contributed by atoms with Crippen LogP contribution in [0.15, 0.2) is 18.2 Å². The molecule has 49 heavy (non-hydrogen) atoms. The number of nitrogens with zero attached hydrogens (tertiary/aromatic N) is 2. The minimum absolute atomic E-state index is 0.186. The van der Waals surface area contributed by atoms with Crippen molar-refractivity contribution in [2.24, 2.45) is 0 Å². The van der Waals surface area contributed by atoms with Gasteiger partial charge in [-0.1, -0.05) is 0 Å². The lowest BCUT2D eigenvalue weighted by atomic mass is 10.2. The van der Waals surface area contributed by atoms with Crippen LogP contribution < -0.4 is 5.32 Å². The number of nitrogens with one attached hydrogen (secondary N) is 1. The fourth-order valence-electron chi connectivity index (χ4n) is 3.62. The Kier molecular flexibility index (Phi) is 29.5. The molecule has 0 fully saturated rings. The first-order valence-corrected chi connectivity index (χ1v) is 16.5. The minimum Gasteiger partial charge on any atom is -0.377 e. The average molecular weight is 710 g/mol. The number of hydrogen-bond donors (Lipinski definition) is 1. The molecule has 0 atom stereocenters. The summed E-state index contributed by atoms with van der Waals surface area (Å²) in [7, 11) is 0. The first kappa shape index (κ1) is 44.4. The molecule has 0 aliphatic rings. The lowest BCUT2D eigenvalue weighted by molar-refractivity contribution is -0.393. The zero-order valence-electron chi connectivity index (χ0n) is 28.9. The van der Waals surface area contributed by atoms with Gasteiger partial charge in [0.1, 0.15) is 5.69 Å². The van der Waals surface area contributed by atoms with E-state index in [1.54, 1.807) is 0 Å². The van der Waals surface area contributed by atoms with Crippen molar-refractivity contribution in [3.8, 4) is 0 Å². The molecular weight excluding hydrogens is 654 g/mol. The van der Waals surface area contributed by atoms with E-state index in [9.17, 15) is 20.2 Å². The summed E-state index contributed by atoms with van der Waals surface area (Å²) in [5.41, 5.74) is -0.525. The molecule has 18 heteroatoms. The molecule has 0 unspecified atom stereocenters. The molecule has 0 aromatic heterocycles. The minimum atomic E-state index is -0.681. The van der Waals surface area contributed by atoms with Crippen LogP contribution in [0.2, 0.25) is 0 Å². The van der Waals surface area contributed by atoms with Crippen LogP contribution in [0.5, 0.6) is 0 Å². The molecule has 0 spiro atoms. The van der Waals surface area contributed by atoms with Crippen LogP contribution >= 0.6 is 0 Å². The molecule has 1 N–H and O–H groups in total. The van der Waals surface area contributed by atoms with Gasteiger partial charge in [-0.15, -0.1) is 0 Å². The standard InChI is InChI=1S/C31H55N3O15/c1-28(2)49-26-25-48-24-23-47-22-21-46-20-19-45-18-17-44-16-15-43-14-13-42-12-11-41-10-9-40-8-7-39-6-5-32-30-4-3-29(33(35)36)27-31(30)34(37)38/h3-4,27-28,32H,5-26H2,1-2H3. The predicted octanol–water partition coefficient (Wildman–Crippen LogP) is 2.51. The molecule has 1 rings (SSSR count). The van der Waals surface area contributed by atoms with Crippen molar-refractivity contribution >= 4 is 17.1 Å². The summed E-state index contributed by atoms with van der Waals surface area (Å²) in [6.07, 6.45) is 0.218. The summed E-state index contributed by atoms with van der Waals surface area (Å²) in [6, 6.07) is 3.43. The third kappa shape index (κ3) is 27.8. The van der Waals surface area contributed by atoms with Crippen LogP contribution in [0, 0.1) is 20.2 Å². The molecule has 0 radical (unpaired) electrons. The highest BCUT2D eigenvalue weighted by Crippen LogP contribution is 2.28. The number of ether oxygens (including phenoxy) is 11. The quantitative estimate of drug-likeness (QED) is 0.0600. The van der Waals surface area contributed by atoms with Gasteiger partial charge in [-0.2, -0.15) is 0 Å². The van der Waals surface area contributed by atoms with Crippen molar-refractivity contribution in [2.45, 2.75) is 20.0 Å². The normalized spacial score (nSPS) is 11.4. The van der Waals surface area contributed by atoms with E-state index in [1.165, 1.54) is 12.1 Å². The van der Waals surface area contributed by atoms with Crippen molar-refractivity contribution < 1.29 is 62.0 Å². The van der Waals surface area contributed by atoms with Crippen LogP contribution in [0.3, 0.4) is 0 Å². The van der Waals surface area contributed by atoms with Gasteiger partial charge in [0, 0.05) is 12.6 Å². The van der Waals surface area contributed by atoms with Gasteiger partial charge in [0.2, 0.25) is 0 Å². The Hall–Kier alpha value is -2.62. The average Bonchev–Trinajstić information content (AvgIpc) is 3.08. The summed E-state index contributed by atoms with van der Waals surface area (Å²) < 4.78 is 59.8. The Morgan fingerprint density at radius 2 is 0.837 bits per heavy atom. The molecule has 0 saturated carbocycles. The Morgan fingerprint density at radius 1 is 0.510 bits per heavy atom. The van der Waals surface area contributed by atoms with Gasteiger partial charge >= 0.3 is 0 Å². The number of nitro benzene ring substituents is 2. The maximum atomic E-state index is 11.1. The maximum Gasteiger partial charge on any atom is 0.299 e. The number of non-ortho nitro benzene ring substituents is 1. The van der Waals surface area contributed by atoms with Crippen molar-refractivity contribution in [3.05, 3.63) is 38.4 Å². The second kappa shape index (κ2) is 32.6. The predicted molar refractivity (Wildman–Crippen MR) is 178 cm³/mol. The number of rotatable bonds is 37. The Balaban J connectivity index is 1.72. The van der Waals surface area contributed by atoms with Gasteiger partial charge in [0.25, 0.3) is 11.4 Å². The fraction of sp³-hybridized carbons (Fsp3) is 0.806. The van der Waals surface area contributed by atoms with Crippen molar-refractivity contribution in [3.63, 3.8) is 0 Å². The molecule has 284 valence electrons. The zero-order valence-corrected chi connectivity index (χ0v) is 28.9. The summed E-state index contributed by atoms with van der Waals surface area (Å²) in [5.74, 6) is 0. The van der Waals surface area contributed by atoms with Crippen molar-refractivity contribution in [1.82, 2.24) is 0 Å². The molecule has 0 amide bonds. The number of benzene rings is 1. The van der Waals surface area contributed by atoms with Crippen LogP contribution in [0.4, 0.5) is 17.1 Å². The molecule has 0 heterocycles. The molecule has 1 aromatic rings. The molecule has 0 aliphatic carbocycles. The van der Waals surface area contributed by atoms with Gasteiger partial charge in [-0.3, -0.25) is 20.2 Å². The third-order valence-electron chi connectivity index (χ3n) is 5.98. The van der Waals surface area contributed by atoms with Crippen LogP contribution in [0.25, 0.3) is 0 Å². The summed E-state index contributed by atoms with van der Waals surface area (Å²) in [4.78, 5) is 20.6. The van der Waals surface area contributed by atoms with Crippen molar-refractivity contribution in [1.29, 1.82) is 0 Å². The van der Waals surface area contributed by atoms with E-state index in [0.717, 1.165) is 6.07 Å². The van der Waals surface area contributed by atoms with E-state index < -0.39 is 9.85 Å². The van der Waals surface area contributed by atoms with Gasteiger partial charge < -0.3 is 57.4 Å². The lowest BCUT2D eigenvalue weighted by Gasteiger charge is -2.09. The third-order valence-corrected chi connectivity index (χ3v) is 5.98. The topological polar surface area (TPSA) is 200 Å². The number of anilines is 1. The van der Waals surface area contributed by atoms with E-state index in [-0.39, 0.29) is 29.8 Å². The highest BCUT2D eigenvalue weighted by molar-refractivity contribution is 5.65. The maximum absolute atomic E-state index is 11.1. The second-order valence-electron chi connectivity index (χ2n) is 10.2. The van der Waals surface area contributed by atoms with E-state index in [2.05, 4.69) is 5.32 Å². The van der Waals surface area contributed by atoms with E-state index >= 15 is 0 Å². The van der Waals surface area contributed by atoms with Crippen LogP contribution in [-0.4, -0.2) is 161 Å². The largest absolute Gasteiger partial charge is 0.377 e. The first-order valence-electron chi connectivity index (χ1n) is 16.5. The highest BCUT2D eigenvalue weighted by Gasteiger charge is 2.19. The number of nitro groups is 2. The Labute approximate surface area is 288 Å². The first-order chi connectivity index (χ1) is 23.9. The van der Waals surface area contributed by atoms with Crippen LogP contribution in [-0.2, 0) is 52.1 Å². The van der Waals surface area contributed by atoms with Gasteiger partial charge in [0.05, 0.1) is 161 Å². The molecule has 0 aliphatic heterocycles. The number of hydrogen-bond acceptors (Lipinski definition) is 16. The fourth-order valence-corrected chi connectivity index (χ4v) is 3.62. The van der Waals surface area contributed by atoms with E-state index in [1.807, 2.05) is 13.8 Å². The molecule has 0 saturated heterocycles. The van der Waals surface area contributed by atoms with Crippen LogP contribution in [0.1, 0.15) is 13.8 Å². The van der Waals surface area contributed by atoms with E-state index in [4.69, 9.17) is 52.1 Å². The lowest BCUT2D eigenvalue weighted by Crippen LogP contribution is -2.16. The Bertz CT molecular complexity index is 945. The molecule has 18 nitrogen and oxygen atoms in total. The monoisotopic (exact) mass is 709 g/mol. The molecule has 0 bridgehead atoms. The highest BCUT2D eigenvalue weighted by atomic mass is 16.6. The molecule has 1 aromatic carbocycles. The summed E-state index contributed by atoms with van der Waals surface area (Å²) >= 11 is 0. The SMILES string of the molecule is CC(C)OCCOCCOCCOCCOCCOCCOCCOCCOCCOCCOCCNc1ccc([N+](=O)[O-])cc1[N+](=O)[O-]. The second-order valence-corrected chi connectivity index (χ2v) is 10.2. The summed E-state index contributed by atoms with van der Waals surface area (Å²) in [5, 5.41) is 24.8. The van der Waals surface area contributed by atoms with Gasteiger partial charge in [-0.05, 0) is 19.9 Å². The van der Waals surface area contributed by atoms with Gasteiger partial charge in [0.15, 0.2) is 0 Å².